The molecular formula is C19H29N3O2. The van der Waals surface area contributed by atoms with Crippen molar-refractivity contribution in [2.75, 3.05) is 39.8 Å². The lowest BCUT2D eigenvalue weighted by Gasteiger charge is -2.37. The quantitative estimate of drug-likeness (QED) is 0.897. The van der Waals surface area contributed by atoms with Crippen molar-refractivity contribution in [1.29, 1.82) is 0 Å². The molecule has 2 heterocycles. The molecule has 2 saturated heterocycles. The monoisotopic (exact) mass is 331 g/mol. The lowest BCUT2D eigenvalue weighted by molar-refractivity contribution is -0.132. The molecule has 2 aliphatic rings. The molecule has 1 aromatic rings. The van der Waals surface area contributed by atoms with Gasteiger partial charge in [0.25, 0.3) is 0 Å². The summed E-state index contributed by atoms with van der Waals surface area (Å²) in [5, 5.41) is 3.47. The number of likely N-dealkylation sites (tertiary alicyclic amines) is 1. The predicted octanol–water partition coefficient (Wildman–Crippen LogP) is 2.04. The normalized spacial score (nSPS) is 25.0. The van der Waals surface area contributed by atoms with Crippen LogP contribution in [0.15, 0.2) is 24.3 Å². The van der Waals surface area contributed by atoms with Crippen LogP contribution in [0.2, 0.25) is 0 Å². The Hall–Kier alpha value is -1.59. The van der Waals surface area contributed by atoms with Gasteiger partial charge in [-0.1, -0.05) is 18.2 Å². The first-order valence-electron chi connectivity index (χ1n) is 9.08. The lowest BCUT2D eigenvalue weighted by atomic mass is 10.0. The molecule has 0 bridgehead atoms. The number of rotatable bonds is 5. The van der Waals surface area contributed by atoms with Crippen LogP contribution in [0.3, 0.4) is 0 Å². The van der Waals surface area contributed by atoms with Gasteiger partial charge in [0.15, 0.2) is 0 Å². The van der Waals surface area contributed by atoms with Crippen molar-refractivity contribution in [3.05, 3.63) is 29.8 Å². The fourth-order valence-electron chi connectivity index (χ4n) is 3.95. The van der Waals surface area contributed by atoms with Gasteiger partial charge in [0.2, 0.25) is 5.91 Å². The molecule has 0 spiro atoms. The number of nitrogens with one attached hydrogen (secondary N) is 1. The number of para-hydroxylation sites is 1. The van der Waals surface area contributed by atoms with E-state index in [9.17, 15) is 4.79 Å². The van der Waals surface area contributed by atoms with E-state index >= 15 is 0 Å². The van der Waals surface area contributed by atoms with E-state index in [4.69, 9.17) is 4.74 Å². The average Bonchev–Trinajstić information content (AvgIpc) is 3.06. The number of benzene rings is 1. The maximum atomic E-state index is 12.5. The van der Waals surface area contributed by atoms with Crippen molar-refractivity contribution in [2.45, 2.75) is 38.3 Å². The second-order valence-electron chi connectivity index (χ2n) is 6.83. The molecule has 24 heavy (non-hydrogen) atoms. The molecule has 1 amide bonds. The van der Waals surface area contributed by atoms with Crippen molar-refractivity contribution in [2.24, 2.45) is 0 Å². The molecule has 5 nitrogen and oxygen atoms in total. The molecule has 132 valence electrons. The third-order valence-corrected chi connectivity index (χ3v) is 5.34. The molecule has 3 rings (SSSR count). The van der Waals surface area contributed by atoms with Crippen LogP contribution in [0.25, 0.3) is 0 Å². The summed E-state index contributed by atoms with van der Waals surface area (Å²) in [7, 11) is 1.72. The van der Waals surface area contributed by atoms with Gasteiger partial charge in [-0.3, -0.25) is 9.69 Å². The Balaban J connectivity index is 1.65. The topological polar surface area (TPSA) is 44.8 Å². The van der Waals surface area contributed by atoms with Gasteiger partial charge in [0.05, 0.1) is 13.2 Å². The molecule has 2 atom stereocenters. The minimum Gasteiger partial charge on any atom is -0.496 e. The van der Waals surface area contributed by atoms with Crippen LogP contribution in [0.4, 0.5) is 0 Å². The fourth-order valence-corrected chi connectivity index (χ4v) is 3.95. The summed E-state index contributed by atoms with van der Waals surface area (Å²) < 4.78 is 5.54. The van der Waals surface area contributed by atoms with E-state index in [2.05, 4.69) is 34.2 Å². The highest BCUT2D eigenvalue weighted by molar-refractivity contribution is 5.77. The summed E-state index contributed by atoms with van der Waals surface area (Å²) >= 11 is 0. The van der Waals surface area contributed by atoms with Gasteiger partial charge in [-0.05, 0) is 25.8 Å². The average molecular weight is 331 g/mol. The third kappa shape index (κ3) is 3.73. The standard InChI is InChI=1S/C19H29N3O2/c1-15-6-5-11-22(15)19(23)9-12-21-13-10-20-14-17(21)16-7-3-4-8-18(16)24-2/h3-4,7-8,15,17,20H,5-6,9-14H2,1-2H3. The van der Waals surface area contributed by atoms with Crippen LogP contribution < -0.4 is 10.1 Å². The van der Waals surface area contributed by atoms with Gasteiger partial charge in [-0.15, -0.1) is 0 Å². The molecule has 1 N–H and O–H groups in total. The van der Waals surface area contributed by atoms with Gasteiger partial charge in [-0.25, -0.2) is 0 Å². The van der Waals surface area contributed by atoms with Crippen LogP contribution in [0.1, 0.15) is 37.8 Å². The second-order valence-corrected chi connectivity index (χ2v) is 6.83. The Morgan fingerprint density at radius 1 is 1.33 bits per heavy atom. The highest BCUT2D eigenvalue weighted by Gasteiger charge is 2.29. The molecule has 0 aliphatic carbocycles. The van der Waals surface area contributed by atoms with Crippen molar-refractivity contribution >= 4 is 5.91 Å². The molecule has 2 fully saturated rings. The highest BCUT2D eigenvalue weighted by atomic mass is 16.5. The molecular weight excluding hydrogens is 302 g/mol. The number of methoxy groups -OCH3 is 1. The molecule has 2 unspecified atom stereocenters. The zero-order valence-electron chi connectivity index (χ0n) is 14.8. The van der Waals surface area contributed by atoms with Crippen LogP contribution in [0, 0.1) is 0 Å². The largest absolute Gasteiger partial charge is 0.496 e. The summed E-state index contributed by atoms with van der Waals surface area (Å²) in [5.41, 5.74) is 1.20. The third-order valence-electron chi connectivity index (χ3n) is 5.34. The number of ether oxygens (including phenoxy) is 1. The Bertz CT molecular complexity index is 563. The molecule has 5 heteroatoms. The van der Waals surface area contributed by atoms with Crippen LogP contribution in [-0.4, -0.2) is 61.6 Å². The number of carbonyl (C=O) groups is 1. The fraction of sp³-hybridized carbons (Fsp3) is 0.632. The molecule has 0 saturated carbocycles. The smallest absolute Gasteiger partial charge is 0.224 e. The van der Waals surface area contributed by atoms with E-state index in [0.29, 0.717) is 18.4 Å². The van der Waals surface area contributed by atoms with E-state index in [1.54, 1.807) is 7.11 Å². The maximum absolute atomic E-state index is 12.5. The Labute approximate surface area is 145 Å². The summed E-state index contributed by atoms with van der Waals surface area (Å²) in [4.78, 5) is 17.0. The molecule has 0 radical (unpaired) electrons. The minimum atomic E-state index is 0.263. The van der Waals surface area contributed by atoms with Crippen molar-refractivity contribution in [3.8, 4) is 5.75 Å². The van der Waals surface area contributed by atoms with Crippen LogP contribution >= 0.6 is 0 Å². The van der Waals surface area contributed by atoms with E-state index in [-0.39, 0.29) is 6.04 Å². The van der Waals surface area contributed by atoms with Crippen LogP contribution in [0.5, 0.6) is 5.75 Å². The number of piperazine rings is 1. The Morgan fingerprint density at radius 3 is 2.92 bits per heavy atom. The number of hydrogen-bond acceptors (Lipinski definition) is 4. The summed E-state index contributed by atoms with van der Waals surface area (Å²) in [6, 6.07) is 8.87. The first-order valence-corrected chi connectivity index (χ1v) is 9.08. The van der Waals surface area contributed by atoms with Gasteiger partial charge >= 0.3 is 0 Å². The highest BCUT2D eigenvalue weighted by Crippen LogP contribution is 2.30. The molecule has 2 aliphatic heterocycles. The predicted molar refractivity (Wildman–Crippen MR) is 95.2 cm³/mol. The van der Waals surface area contributed by atoms with E-state index in [0.717, 1.165) is 51.3 Å². The zero-order chi connectivity index (χ0) is 16.9. The summed E-state index contributed by atoms with van der Waals surface area (Å²) in [6.45, 7) is 6.73. The zero-order valence-corrected chi connectivity index (χ0v) is 14.8. The molecule has 0 aromatic heterocycles. The summed E-state index contributed by atoms with van der Waals surface area (Å²) in [5.74, 6) is 1.23. The van der Waals surface area contributed by atoms with Gasteiger partial charge < -0.3 is 15.0 Å². The maximum Gasteiger partial charge on any atom is 0.224 e. The number of carbonyl (C=O) groups excluding carboxylic acids is 1. The SMILES string of the molecule is COc1ccccc1C1CNCCN1CCC(=O)N1CCCC1C. The number of nitrogens with zero attached hydrogens (tertiary/aromatic N) is 2. The van der Waals surface area contributed by atoms with Crippen molar-refractivity contribution < 1.29 is 9.53 Å². The van der Waals surface area contributed by atoms with E-state index in [1.165, 1.54) is 5.56 Å². The Kier molecular flexibility index (Phi) is 5.74. The Morgan fingerprint density at radius 2 is 2.17 bits per heavy atom. The van der Waals surface area contributed by atoms with Gasteiger partial charge in [0.1, 0.15) is 5.75 Å². The second kappa shape index (κ2) is 7.99. The first-order chi connectivity index (χ1) is 11.7. The van der Waals surface area contributed by atoms with E-state index in [1.807, 2.05) is 12.1 Å². The van der Waals surface area contributed by atoms with Crippen molar-refractivity contribution in [1.82, 2.24) is 15.1 Å². The van der Waals surface area contributed by atoms with E-state index < -0.39 is 0 Å². The van der Waals surface area contributed by atoms with Crippen LogP contribution in [-0.2, 0) is 4.79 Å². The number of amides is 1. The molecule has 1 aromatic carbocycles. The first kappa shape index (κ1) is 17.2. The number of hydrogen-bond donors (Lipinski definition) is 1. The summed E-state index contributed by atoms with van der Waals surface area (Å²) in [6.07, 6.45) is 2.89. The van der Waals surface area contributed by atoms with Gasteiger partial charge in [-0.2, -0.15) is 0 Å². The lowest BCUT2D eigenvalue weighted by Crippen LogP contribution is -2.47. The van der Waals surface area contributed by atoms with Crippen molar-refractivity contribution in [3.63, 3.8) is 0 Å². The van der Waals surface area contributed by atoms with Gasteiger partial charge in [0, 0.05) is 50.7 Å². The minimum absolute atomic E-state index is 0.263.